The highest BCUT2D eigenvalue weighted by molar-refractivity contribution is 4.87. The molecule has 0 saturated carbocycles. The average Bonchev–Trinajstić information content (AvgIpc) is 1.94. The van der Waals surface area contributed by atoms with Crippen molar-refractivity contribution in [3.05, 3.63) is 0 Å². The molecule has 0 aromatic heterocycles. The highest BCUT2D eigenvalue weighted by atomic mass is 16.3. The van der Waals surface area contributed by atoms with Gasteiger partial charge in [0.1, 0.15) is 0 Å². The maximum Gasteiger partial charge on any atom is 0.0615 e. The van der Waals surface area contributed by atoms with Crippen LogP contribution < -0.4 is 0 Å². The lowest BCUT2D eigenvalue weighted by Crippen LogP contribution is -2.50. The highest BCUT2D eigenvalue weighted by Crippen LogP contribution is 2.29. The number of hydrogen-bond acceptors (Lipinski definition) is 2. The van der Waals surface area contributed by atoms with Crippen LogP contribution in [-0.2, 0) is 0 Å². The summed E-state index contributed by atoms with van der Waals surface area (Å²) in [7, 11) is 0. The first-order chi connectivity index (χ1) is 5.43. The second-order valence-corrected chi connectivity index (χ2v) is 4.86. The molecule has 1 aliphatic heterocycles. The fourth-order valence-corrected chi connectivity index (χ4v) is 1.83. The Bertz CT molecular complexity index is 154. The molecule has 1 fully saturated rings. The fraction of sp³-hybridized carbons (Fsp3) is 1.00. The van der Waals surface area contributed by atoms with Crippen molar-refractivity contribution in [3.8, 4) is 0 Å². The van der Waals surface area contributed by atoms with Gasteiger partial charge in [-0.2, -0.15) is 0 Å². The van der Waals surface area contributed by atoms with Gasteiger partial charge in [-0.15, -0.1) is 0 Å². The van der Waals surface area contributed by atoms with Crippen molar-refractivity contribution in [1.82, 2.24) is 4.90 Å². The van der Waals surface area contributed by atoms with Crippen LogP contribution in [-0.4, -0.2) is 35.2 Å². The molecule has 2 nitrogen and oxygen atoms in total. The van der Waals surface area contributed by atoms with Crippen LogP contribution in [0.2, 0.25) is 0 Å². The van der Waals surface area contributed by atoms with Crippen molar-refractivity contribution in [1.29, 1.82) is 0 Å². The van der Waals surface area contributed by atoms with E-state index in [1.165, 1.54) is 0 Å². The summed E-state index contributed by atoms with van der Waals surface area (Å²) in [5, 5.41) is 9.71. The average molecular weight is 171 g/mol. The monoisotopic (exact) mass is 171 g/mol. The van der Waals surface area contributed by atoms with E-state index in [2.05, 4.69) is 32.6 Å². The summed E-state index contributed by atoms with van der Waals surface area (Å²) >= 11 is 0. The van der Waals surface area contributed by atoms with Crippen molar-refractivity contribution < 1.29 is 5.11 Å². The molecule has 0 aromatic carbocycles. The molecule has 1 heterocycles. The van der Waals surface area contributed by atoms with Crippen LogP contribution in [0.5, 0.6) is 0 Å². The molecule has 0 spiro atoms. The Morgan fingerprint density at radius 1 is 1.42 bits per heavy atom. The van der Waals surface area contributed by atoms with E-state index in [9.17, 15) is 5.11 Å². The molecule has 0 amide bonds. The predicted octanol–water partition coefficient (Wildman–Crippen LogP) is 1.49. The molecule has 1 atom stereocenters. The Morgan fingerprint density at radius 3 is 2.42 bits per heavy atom. The Balaban J connectivity index is 2.57. The van der Waals surface area contributed by atoms with Gasteiger partial charge in [0.05, 0.1) is 6.10 Å². The third kappa shape index (κ3) is 1.99. The molecule has 0 aliphatic carbocycles. The maximum atomic E-state index is 9.71. The molecular formula is C10H21NO. The molecule has 12 heavy (non-hydrogen) atoms. The van der Waals surface area contributed by atoms with Gasteiger partial charge in [0, 0.05) is 24.5 Å². The van der Waals surface area contributed by atoms with Gasteiger partial charge in [-0.1, -0.05) is 13.8 Å². The smallest absolute Gasteiger partial charge is 0.0615 e. The van der Waals surface area contributed by atoms with Crippen molar-refractivity contribution >= 4 is 0 Å². The number of likely N-dealkylation sites (tertiary alicyclic amines) is 1. The van der Waals surface area contributed by atoms with Crippen LogP contribution in [0.4, 0.5) is 0 Å². The Labute approximate surface area is 75.6 Å². The van der Waals surface area contributed by atoms with Crippen molar-refractivity contribution in [2.75, 3.05) is 13.1 Å². The lowest BCUT2D eigenvalue weighted by Gasteiger charge is -2.43. The number of rotatable bonds is 1. The molecule has 1 aliphatic rings. The molecule has 2 heteroatoms. The zero-order valence-corrected chi connectivity index (χ0v) is 8.67. The molecule has 0 aromatic rings. The van der Waals surface area contributed by atoms with Crippen LogP contribution in [0, 0.1) is 5.41 Å². The summed E-state index contributed by atoms with van der Waals surface area (Å²) in [6, 6.07) is 0.608. The quantitative estimate of drug-likeness (QED) is 0.646. The van der Waals surface area contributed by atoms with E-state index in [0.29, 0.717) is 6.04 Å². The fourth-order valence-electron chi connectivity index (χ4n) is 1.83. The minimum absolute atomic E-state index is 0.0719. The minimum atomic E-state index is -0.118. The topological polar surface area (TPSA) is 23.5 Å². The van der Waals surface area contributed by atoms with Gasteiger partial charge in [0.15, 0.2) is 0 Å². The van der Waals surface area contributed by atoms with Gasteiger partial charge < -0.3 is 10.0 Å². The van der Waals surface area contributed by atoms with Gasteiger partial charge in [-0.3, -0.25) is 0 Å². The zero-order chi connectivity index (χ0) is 9.35. The number of nitrogens with zero attached hydrogens (tertiary/aromatic N) is 1. The molecule has 0 radical (unpaired) electrons. The van der Waals surface area contributed by atoms with E-state index in [0.717, 1.165) is 19.5 Å². The molecule has 1 rings (SSSR count). The Kier molecular flexibility index (Phi) is 2.79. The largest absolute Gasteiger partial charge is 0.392 e. The summed E-state index contributed by atoms with van der Waals surface area (Å²) in [6.45, 7) is 10.8. The predicted molar refractivity (Wildman–Crippen MR) is 51.1 cm³/mol. The second kappa shape index (κ2) is 3.35. The number of piperidine rings is 1. The summed E-state index contributed by atoms with van der Waals surface area (Å²) < 4.78 is 0. The van der Waals surface area contributed by atoms with Crippen LogP contribution >= 0.6 is 0 Å². The van der Waals surface area contributed by atoms with Crippen molar-refractivity contribution in [3.63, 3.8) is 0 Å². The standard InChI is InChI=1S/C10H21NO/c1-8(2)11-6-5-9(12)10(3,4)7-11/h8-9,12H,5-7H2,1-4H3/t9-/m0/s1. The molecular weight excluding hydrogens is 150 g/mol. The van der Waals surface area contributed by atoms with Gasteiger partial charge in [0.25, 0.3) is 0 Å². The molecule has 1 N–H and O–H groups in total. The van der Waals surface area contributed by atoms with Crippen LogP contribution in [0.25, 0.3) is 0 Å². The van der Waals surface area contributed by atoms with E-state index < -0.39 is 0 Å². The summed E-state index contributed by atoms with van der Waals surface area (Å²) in [4.78, 5) is 2.44. The summed E-state index contributed by atoms with van der Waals surface area (Å²) in [5.74, 6) is 0. The Morgan fingerprint density at radius 2 is 2.00 bits per heavy atom. The van der Waals surface area contributed by atoms with Gasteiger partial charge >= 0.3 is 0 Å². The van der Waals surface area contributed by atoms with Gasteiger partial charge in [-0.05, 0) is 20.3 Å². The number of hydrogen-bond donors (Lipinski definition) is 1. The first-order valence-corrected chi connectivity index (χ1v) is 4.85. The van der Waals surface area contributed by atoms with E-state index in [1.54, 1.807) is 0 Å². The van der Waals surface area contributed by atoms with Crippen LogP contribution in [0.1, 0.15) is 34.1 Å². The van der Waals surface area contributed by atoms with Crippen LogP contribution in [0.3, 0.4) is 0 Å². The van der Waals surface area contributed by atoms with Crippen molar-refractivity contribution in [2.45, 2.75) is 46.3 Å². The summed E-state index contributed by atoms with van der Waals surface area (Å²) in [6.07, 6.45) is 0.804. The lowest BCUT2D eigenvalue weighted by molar-refractivity contribution is -0.0336. The van der Waals surface area contributed by atoms with E-state index >= 15 is 0 Å². The van der Waals surface area contributed by atoms with E-state index in [-0.39, 0.29) is 11.5 Å². The lowest BCUT2D eigenvalue weighted by atomic mass is 9.81. The maximum absolute atomic E-state index is 9.71. The zero-order valence-electron chi connectivity index (χ0n) is 8.67. The molecule has 0 unspecified atom stereocenters. The summed E-state index contributed by atoms with van der Waals surface area (Å²) in [5.41, 5.74) is 0.0719. The van der Waals surface area contributed by atoms with Gasteiger partial charge in [0.2, 0.25) is 0 Å². The molecule has 72 valence electrons. The van der Waals surface area contributed by atoms with E-state index in [1.807, 2.05) is 0 Å². The molecule has 1 saturated heterocycles. The second-order valence-electron chi connectivity index (χ2n) is 4.86. The number of aliphatic hydroxyl groups excluding tert-OH is 1. The van der Waals surface area contributed by atoms with Gasteiger partial charge in [-0.25, -0.2) is 0 Å². The van der Waals surface area contributed by atoms with Crippen molar-refractivity contribution in [2.24, 2.45) is 5.41 Å². The SMILES string of the molecule is CC(C)N1CC[C@H](O)C(C)(C)C1. The first kappa shape index (κ1) is 10.0. The van der Waals surface area contributed by atoms with Crippen LogP contribution in [0.15, 0.2) is 0 Å². The third-order valence-electron chi connectivity index (χ3n) is 2.93. The Hall–Kier alpha value is -0.0800. The van der Waals surface area contributed by atoms with E-state index in [4.69, 9.17) is 0 Å². The first-order valence-electron chi connectivity index (χ1n) is 4.85. The third-order valence-corrected chi connectivity index (χ3v) is 2.93. The highest BCUT2D eigenvalue weighted by Gasteiger charge is 2.34. The normalized spacial score (nSPS) is 31.0. The molecule has 0 bridgehead atoms. The minimum Gasteiger partial charge on any atom is -0.392 e. The number of aliphatic hydroxyl groups is 1.